The molecule has 1 aliphatic rings. The first-order valence-corrected chi connectivity index (χ1v) is 9.75. The number of aromatic nitrogens is 2. The van der Waals surface area contributed by atoms with Gasteiger partial charge in [0.25, 0.3) is 5.91 Å². The molecule has 1 aromatic carbocycles. The molecular weight excluding hydrogens is 370 g/mol. The van der Waals surface area contributed by atoms with Crippen LogP contribution in [0, 0.1) is 5.92 Å². The van der Waals surface area contributed by atoms with Gasteiger partial charge in [0.15, 0.2) is 0 Å². The Balaban J connectivity index is 1.61. The average Bonchev–Trinajstić information content (AvgIpc) is 2.77. The number of hydrogen-bond donors (Lipinski definition) is 1. The molecule has 1 aliphatic heterocycles. The van der Waals surface area contributed by atoms with E-state index in [9.17, 15) is 9.59 Å². The SMILES string of the molecule is COc1ccc(C(=O)N[C@@H](C(=O)N2CCN(c3ncccn3)CC2)C(C)C)cc1. The number of anilines is 1. The van der Waals surface area contributed by atoms with Crippen LogP contribution in [0.25, 0.3) is 0 Å². The van der Waals surface area contributed by atoms with Gasteiger partial charge in [-0.15, -0.1) is 0 Å². The van der Waals surface area contributed by atoms with E-state index < -0.39 is 6.04 Å². The minimum atomic E-state index is -0.580. The van der Waals surface area contributed by atoms with Crippen molar-refractivity contribution >= 4 is 17.8 Å². The zero-order valence-corrected chi connectivity index (χ0v) is 17.0. The second-order valence-corrected chi connectivity index (χ2v) is 7.28. The summed E-state index contributed by atoms with van der Waals surface area (Å²) in [4.78, 5) is 38.1. The molecule has 2 aromatic rings. The number of benzene rings is 1. The summed E-state index contributed by atoms with van der Waals surface area (Å²) in [7, 11) is 1.58. The van der Waals surface area contributed by atoms with Crippen molar-refractivity contribution in [3.63, 3.8) is 0 Å². The Kier molecular flexibility index (Phi) is 6.64. The highest BCUT2D eigenvalue weighted by atomic mass is 16.5. The Morgan fingerprint density at radius 2 is 1.66 bits per heavy atom. The van der Waals surface area contributed by atoms with Crippen LogP contribution in [0.15, 0.2) is 42.7 Å². The van der Waals surface area contributed by atoms with Crippen molar-refractivity contribution < 1.29 is 14.3 Å². The molecule has 0 spiro atoms. The number of carbonyl (C=O) groups excluding carboxylic acids is 2. The molecule has 0 bridgehead atoms. The van der Waals surface area contributed by atoms with Crippen molar-refractivity contribution in [3.8, 4) is 5.75 Å². The first-order valence-electron chi connectivity index (χ1n) is 9.75. The maximum atomic E-state index is 13.1. The number of rotatable bonds is 6. The summed E-state index contributed by atoms with van der Waals surface area (Å²) < 4.78 is 5.12. The van der Waals surface area contributed by atoms with Gasteiger partial charge >= 0.3 is 0 Å². The van der Waals surface area contributed by atoms with Crippen LogP contribution in [0.5, 0.6) is 5.75 Å². The number of amides is 2. The lowest BCUT2D eigenvalue weighted by atomic mass is 10.0. The third kappa shape index (κ3) is 5.01. The molecule has 29 heavy (non-hydrogen) atoms. The number of hydrogen-bond acceptors (Lipinski definition) is 6. The van der Waals surface area contributed by atoms with E-state index in [2.05, 4.69) is 20.2 Å². The number of ether oxygens (including phenoxy) is 1. The number of carbonyl (C=O) groups is 2. The van der Waals surface area contributed by atoms with E-state index in [1.807, 2.05) is 13.8 Å². The van der Waals surface area contributed by atoms with Gasteiger partial charge in [-0.2, -0.15) is 0 Å². The molecule has 1 N–H and O–H groups in total. The molecule has 3 rings (SSSR count). The van der Waals surface area contributed by atoms with Crippen LogP contribution in [0.3, 0.4) is 0 Å². The summed E-state index contributed by atoms with van der Waals surface area (Å²) in [6.07, 6.45) is 3.42. The average molecular weight is 397 g/mol. The second-order valence-electron chi connectivity index (χ2n) is 7.28. The molecular formula is C21H27N5O3. The highest BCUT2D eigenvalue weighted by Crippen LogP contribution is 2.15. The van der Waals surface area contributed by atoms with Crippen molar-refractivity contribution in [2.45, 2.75) is 19.9 Å². The standard InChI is InChI=1S/C21H27N5O3/c1-15(2)18(24-19(27)16-5-7-17(29-3)8-6-16)20(28)25-11-13-26(14-12-25)21-22-9-4-10-23-21/h4-10,15,18H,11-14H2,1-3H3,(H,24,27)/t18-/m1/s1. The fraction of sp³-hybridized carbons (Fsp3) is 0.429. The molecule has 1 saturated heterocycles. The zero-order valence-electron chi connectivity index (χ0n) is 17.0. The minimum absolute atomic E-state index is 0.0276. The molecule has 0 unspecified atom stereocenters. The predicted molar refractivity (Wildman–Crippen MR) is 110 cm³/mol. The summed E-state index contributed by atoms with van der Waals surface area (Å²) in [5.41, 5.74) is 0.496. The van der Waals surface area contributed by atoms with Gasteiger partial charge in [-0.05, 0) is 36.2 Å². The smallest absolute Gasteiger partial charge is 0.251 e. The minimum Gasteiger partial charge on any atom is -0.497 e. The summed E-state index contributed by atoms with van der Waals surface area (Å²) in [5.74, 6) is 0.998. The number of nitrogens with zero attached hydrogens (tertiary/aromatic N) is 4. The van der Waals surface area contributed by atoms with Crippen LogP contribution >= 0.6 is 0 Å². The van der Waals surface area contributed by atoms with Crippen molar-refractivity contribution in [1.29, 1.82) is 0 Å². The van der Waals surface area contributed by atoms with Crippen molar-refractivity contribution in [3.05, 3.63) is 48.3 Å². The third-order valence-corrected chi connectivity index (χ3v) is 5.00. The van der Waals surface area contributed by atoms with Crippen LogP contribution in [-0.2, 0) is 4.79 Å². The van der Waals surface area contributed by atoms with E-state index >= 15 is 0 Å². The van der Waals surface area contributed by atoms with Gasteiger partial charge in [0.05, 0.1) is 7.11 Å². The summed E-state index contributed by atoms with van der Waals surface area (Å²) in [6.45, 7) is 6.33. The molecule has 8 heteroatoms. The number of methoxy groups -OCH3 is 1. The quantitative estimate of drug-likeness (QED) is 0.797. The molecule has 0 radical (unpaired) electrons. The van der Waals surface area contributed by atoms with Crippen molar-refractivity contribution in [2.24, 2.45) is 5.92 Å². The molecule has 8 nitrogen and oxygen atoms in total. The summed E-state index contributed by atoms with van der Waals surface area (Å²) in [6, 6.07) is 8.03. The molecule has 0 aliphatic carbocycles. The van der Waals surface area contributed by atoms with Crippen LogP contribution in [0.1, 0.15) is 24.2 Å². The molecule has 1 aromatic heterocycles. The van der Waals surface area contributed by atoms with E-state index in [4.69, 9.17) is 4.74 Å². The van der Waals surface area contributed by atoms with E-state index in [1.165, 1.54) is 0 Å². The van der Waals surface area contributed by atoms with Crippen LogP contribution in [-0.4, -0.2) is 66.0 Å². The lowest BCUT2D eigenvalue weighted by Gasteiger charge is -2.37. The fourth-order valence-electron chi connectivity index (χ4n) is 3.26. The highest BCUT2D eigenvalue weighted by molar-refractivity contribution is 5.97. The first-order chi connectivity index (χ1) is 14.0. The Morgan fingerprint density at radius 1 is 1.03 bits per heavy atom. The number of nitrogens with one attached hydrogen (secondary N) is 1. The molecule has 2 heterocycles. The van der Waals surface area contributed by atoms with Crippen LogP contribution in [0.2, 0.25) is 0 Å². The maximum Gasteiger partial charge on any atom is 0.251 e. The third-order valence-electron chi connectivity index (χ3n) is 5.00. The molecule has 154 valence electrons. The monoisotopic (exact) mass is 397 g/mol. The van der Waals surface area contributed by atoms with Crippen molar-refractivity contribution in [2.75, 3.05) is 38.2 Å². The first kappa shape index (κ1) is 20.6. The van der Waals surface area contributed by atoms with Gasteiger partial charge in [0.1, 0.15) is 11.8 Å². The van der Waals surface area contributed by atoms with Crippen molar-refractivity contribution in [1.82, 2.24) is 20.2 Å². The normalized spacial score (nSPS) is 15.2. The predicted octanol–water partition coefficient (Wildman–Crippen LogP) is 1.59. The van der Waals surface area contributed by atoms with E-state index in [0.717, 1.165) is 0 Å². The maximum absolute atomic E-state index is 13.1. The van der Waals surface area contributed by atoms with Gasteiger partial charge in [-0.3, -0.25) is 9.59 Å². The van der Waals surface area contributed by atoms with Gasteiger partial charge in [0.2, 0.25) is 11.9 Å². The van der Waals surface area contributed by atoms with Gasteiger partial charge in [-0.25, -0.2) is 9.97 Å². The molecule has 0 saturated carbocycles. The number of piperazine rings is 1. The molecule has 1 atom stereocenters. The zero-order chi connectivity index (χ0) is 20.8. The largest absolute Gasteiger partial charge is 0.497 e. The summed E-state index contributed by atoms with van der Waals surface area (Å²) >= 11 is 0. The van der Waals surface area contributed by atoms with Gasteiger partial charge in [0, 0.05) is 44.1 Å². The van der Waals surface area contributed by atoms with E-state index in [0.29, 0.717) is 43.4 Å². The van der Waals surface area contributed by atoms with Gasteiger partial charge in [-0.1, -0.05) is 13.8 Å². The van der Waals surface area contributed by atoms with Crippen LogP contribution in [0.4, 0.5) is 5.95 Å². The molecule has 1 fully saturated rings. The van der Waals surface area contributed by atoms with Gasteiger partial charge < -0.3 is 19.9 Å². The van der Waals surface area contributed by atoms with E-state index in [1.54, 1.807) is 54.7 Å². The lowest BCUT2D eigenvalue weighted by Crippen LogP contribution is -2.56. The van der Waals surface area contributed by atoms with E-state index in [-0.39, 0.29) is 17.7 Å². The Labute approximate surface area is 170 Å². The summed E-state index contributed by atoms with van der Waals surface area (Å²) in [5, 5.41) is 2.90. The fourth-order valence-corrected chi connectivity index (χ4v) is 3.26. The highest BCUT2D eigenvalue weighted by Gasteiger charge is 2.31. The Morgan fingerprint density at radius 3 is 2.21 bits per heavy atom. The Hall–Kier alpha value is -3.16. The Bertz CT molecular complexity index is 818. The lowest BCUT2D eigenvalue weighted by molar-refractivity contribution is -0.134. The van der Waals surface area contributed by atoms with Crippen LogP contribution < -0.4 is 15.0 Å². The molecule has 2 amide bonds. The second kappa shape index (κ2) is 9.36. The topological polar surface area (TPSA) is 87.7 Å².